The molecule has 0 saturated carbocycles. The number of piperidine rings is 1. The molecule has 0 aromatic heterocycles. The highest BCUT2D eigenvalue weighted by atomic mass is 32.1. The number of thiol groups is 1. The molecule has 1 amide bonds. The fraction of sp³-hybridized carbons (Fsp3) is 0.533. The highest BCUT2D eigenvalue weighted by Crippen LogP contribution is 2.19. The lowest BCUT2D eigenvalue weighted by atomic mass is 10.1. The first kappa shape index (κ1) is 15.3. The molecule has 0 N–H and O–H groups in total. The number of hydrogen-bond donors (Lipinski definition) is 1. The first-order chi connectivity index (χ1) is 9.61. The van der Waals surface area contributed by atoms with E-state index >= 15 is 0 Å². The van der Waals surface area contributed by atoms with Crippen LogP contribution in [0, 0.1) is 5.82 Å². The molecule has 1 atom stereocenters. The van der Waals surface area contributed by atoms with Gasteiger partial charge in [-0.15, -0.1) is 12.6 Å². The van der Waals surface area contributed by atoms with Gasteiger partial charge in [0, 0.05) is 30.2 Å². The van der Waals surface area contributed by atoms with Crippen LogP contribution in [0.2, 0.25) is 0 Å². The molecule has 110 valence electrons. The Balaban J connectivity index is 2.02. The van der Waals surface area contributed by atoms with Gasteiger partial charge in [0.15, 0.2) is 0 Å². The van der Waals surface area contributed by atoms with E-state index < -0.39 is 5.82 Å². The van der Waals surface area contributed by atoms with Gasteiger partial charge < -0.3 is 9.64 Å². The molecular formula is C15H20FNO2S. The van der Waals surface area contributed by atoms with Gasteiger partial charge in [-0.05, 0) is 37.5 Å². The minimum Gasteiger partial charge on any atom is -0.376 e. The van der Waals surface area contributed by atoms with Crippen LogP contribution in [0.25, 0.3) is 0 Å². The summed E-state index contributed by atoms with van der Waals surface area (Å²) in [5.74, 6) is -0.488. The van der Waals surface area contributed by atoms with Crippen LogP contribution in [0.15, 0.2) is 23.1 Å². The van der Waals surface area contributed by atoms with Crippen molar-refractivity contribution in [1.29, 1.82) is 0 Å². The molecular weight excluding hydrogens is 277 g/mol. The largest absolute Gasteiger partial charge is 0.376 e. The molecule has 2 rings (SSSR count). The quantitative estimate of drug-likeness (QED) is 0.865. The van der Waals surface area contributed by atoms with E-state index in [1.165, 1.54) is 18.2 Å². The number of likely N-dealkylation sites (tertiary alicyclic amines) is 1. The minimum atomic E-state index is -0.410. The van der Waals surface area contributed by atoms with Gasteiger partial charge in [-0.25, -0.2) is 4.39 Å². The van der Waals surface area contributed by atoms with Crippen molar-refractivity contribution in [2.24, 2.45) is 0 Å². The van der Waals surface area contributed by atoms with E-state index in [0.29, 0.717) is 12.1 Å². The van der Waals surface area contributed by atoms with Crippen LogP contribution >= 0.6 is 12.6 Å². The Morgan fingerprint density at radius 2 is 2.35 bits per heavy atom. The molecule has 0 aliphatic carbocycles. The van der Waals surface area contributed by atoms with E-state index in [0.717, 1.165) is 32.4 Å². The van der Waals surface area contributed by atoms with Crippen molar-refractivity contribution < 1.29 is 13.9 Å². The van der Waals surface area contributed by atoms with Crippen molar-refractivity contribution in [1.82, 2.24) is 4.90 Å². The lowest BCUT2D eigenvalue weighted by Gasteiger charge is -2.32. The molecule has 1 aromatic rings. The number of carbonyl (C=O) groups excluding carboxylic acids is 1. The second-order valence-electron chi connectivity index (χ2n) is 5.05. The van der Waals surface area contributed by atoms with Gasteiger partial charge >= 0.3 is 0 Å². The molecule has 1 aromatic carbocycles. The Hall–Kier alpha value is -1.07. The molecule has 0 radical (unpaired) electrons. The SMILES string of the molecule is CCCOC1CCCN(C(=O)c2ccc(F)c(S)c2)C1. The van der Waals surface area contributed by atoms with E-state index in [2.05, 4.69) is 19.6 Å². The molecule has 20 heavy (non-hydrogen) atoms. The number of carbonyl (C=O) groups is 1. The van der Waals surface area contributed by atoms with Gasteiger partial charge in [0.1, 0.15) is 5.82 Å². The van der Waals surface area contributed by atoms with Crippen LogP contribution in [-0.2, 0) is 4.74 Å². The summed E-state index contributed by atoms with van der Waals surface area (Å²) in [4.78, 5) is 14.4. The maximum Gasteiger partial charge on any atom is 0.253 e. The lowest BCUT2D eigenvalue weighted by Crippen LogP contribution is -2.43. The van der Waals surface area contributed by atoms with Gasteiger partial charge in [-0.1, -0.05) is 6.92 Å². The summed E-state index contributed by atoms with van der Waals surface area (Å²) in [6.07, 6.45) is 3.02. The average Bonchev–Trinajstić information content (AvgIpc) is 2.47. The van der Waals surface area contributed by atoms with Crippen LogP contribution in [0.3, 0.4) is 0 Å². The average molecular weight is 297 g/mol. The van der Waals surface area contributed by atoms with E-state index in [-0.39, 0.29) is 16.9 Å². The third kappa shape index (κ3) is 3.73. The highest BCUT2D eigenvalue weighted by molar-refractivity contribution is 7.80. The van der Waals surface area contributed by atoms with Gasteiger partial charge in [0.25, 0.3) is 5.91 Å². The van der Waals surface area contributed by atoms with Crippen molar-refractivity contribution in [2.75, 3.05) is 19.7 Å². The molecule has 0 spiro atoms. The van der Waals surface area contributed by atoms with Crippen molar-refractivity contribution in [3.63, 3.8) is 0 Å². The molecule has 1 aliphatic rings. The van der Waals surface area contributed by atoms with Crippen LogP contribution in [0.4, 0.5) is 4.39 Å². The summed E-state index contributed by atoms with van der Waals surface area (Å²) >= 11 is 4.02. The second kappa shape index (κ2) is 7.09. The van der Waals surface area contributed by atoms with Crippen LogP contribution < -0.4 is 0 Å². The third-order valence-electron chi connectivity index (χ3n) is 3.42. The van der Waals surface area contributed by atoms with Crippen molar-refractivity contribution in [3.8, 4) is 0 Å². The summed E-state index contributed by atoms with van der Waals surface area (Å²) in [6.45, 7) is 4.13. The summed E-state index contributed by atoms with van der Waals surface area (Å²) in [5.41, 5.74) is 0.479. The first-order valence-corrected chi connectivity index (χ1v) is 7.46. The maximum atomic E-state index is 13.2. The monoisotopic (exact) mass is 297 g/mol. The fourth-order valence-electron chi connectivity index (χ4n) is 2.37. The Bertz CT molecular complexity index is 481. The first-order valence-electron chi connectivity index (χ1n) is 7.01. The summed E-state index contributed by atoms with van der Waals surface area (Å²) in [6, 6.07) is 4.27. The Labute approximate surface area is 124 Å². The zero-order chi connectivity index (χ0) is 14.5. The number of benzene rings is 1. The van der Waals surface area contributed by atoms with Crippen LogP contribution in [-0.4, -0.2) is 36.6 Å². The molecule has 0 bridgehead atoms. The van der Waals surface area contributed by atoms with Crippen molar-refractivity contribution in [2.45, 2.75) is 37.2 Å². The van der Waals surface area contributed by atoms with Crippen molar-refractivity contribution in [3.05, 3.63) is 29.6 Å². The van der Waals surface area contributed by atoms with E-state index in [4.69, 9.17) is 4.74 Å². The number of nitrogens with zero attached hydrogens (tertiary/aromatic N) is 1. The molecule has 1 aliphatic heterocycles. The van der Waals surface area contributed by atoms with Gasteiger partial charge in [-0.2, -0.15) is 0 Å². The fourth-order valence-corrected chi connectivity index (χ4v) is 2.59. The molecule has 3 nitrogen and oxygen atoms in total. The summed E-state index contributed by atoms with van der Waals surface area (Å²) < 4.78 is 18.9. The van der Waals surface area contributed by atoms with Gasteiger partial charge in [0.05, 0.1) is 6.10 Å². The maximum absolute atomic E-state index is 13.2. The molecule has 5 heteroatoms. The van der Waals surface area contributed by atoms with E-state index in [1.54, 1.807) is 4.90 Å². The third-order valence-corrected chi connectivity index (χ3v) is 3.76. The molecule has 1 saturated heterocycles. The van der Waals surface area contributed by atoms with E-state index in [9.17, 15) is 9.18 Å². The Morgan fingerprint density at radius 1 is 1.55 bits per heavy atom. The number of halogens is 1. The minimum absolute atomic E-state index is 0.0786. The number of amides is 1. The molecule has 1 fully saturated rings. The van der Waals surface area contributed by atoms with Crippen LogP contribution in [0.1, 0.15) is 36.5 Å². The number of hydrogen-bond acceptors (Lipinski definition) is 3. The zero-order valence-electron chi connectivity index (χ0n) is 11.6. The topological polar surface area (TPSA) is 29.5 Å². The van der Waals surface area contributed by atoms with Gasteiger partial charge in [-0.3, -0.25) is 4.79 Å². The molecule has 1 heterocycles. The van der Waals surface area contributed by atoms with Gasteiger partial charge in [0.2, 0.25) is 0 Å². The second-order valence-corrected chi connectivity index (χ2v) is 5.53. The highest BCUT2D eigenvalue weighted by Gasteiger charge is 2.25. The van der Waals surface area contributed by atoms with E-state index in [1.807, 2.05) is 0 Å². The molecule has 1 unspecified atom stereocenters. The standard InChI is InChI=1S/C15H20FNO2S/c1-2-8-19-12-4-3-7-17(10-12)15(18)11-5-6-13(16)14(20)9-11/h5-6,9,12,20H,2-4,7-8,10H2,1H3. The zero-order valence-corrected chi connectivity index (χ0v) is 12.5. The predicted molar refractivity (Wildman–Crippen MR) is 78.8 cm³/mol. The smallest absolute Gasteiger partial charge is 0.253 e. The van der Waals surface area contributed by atoms with Crippen molar-refractivity contribution >= 4 is 18.5 Å². The lowest BCUT2D eigenvalue weighted by molar-refractivity contribution is 0.00210. The number of ether oxygens (including phenoxy) is 1. The normalized spacial score (nSPS) is 19.1. The number of rotatable bonds is 4. The Kier molecular flexibility index (Phi) is 5.43. The summed E-state index contributed by atoms with van der Waals surface area (Å²) in [7, 11) is 0. The predicted octanol–water partition coefficient (Wildman–Crippen LogP) is 3.15. The summed E-state index contributed by atoms with van der Waals surface area (Å²) in [5, 5.41) is 0. The van der Waals surface area contributed by atoms with Crippen LogP contribution in [0.5, 0.6) is 0 Å². The Morgan fingerprint density at radius 3 is 3.05 bits per heavy atom.